The third-order valence-corrected chi connectivity index (χ3v) is 9.82. The van der Waals surface area contributed by atoms with Crippen LogP contribution in [0.5, 0.6) is 23.0 Å². The molecule has 2 aromatic carbocycles. The molecule has 0 radical (unpaired) electrons. The lowest BCUT2D eigenvalue weighted by molar-refractivity contribution is -0.389. The fourth-order valence-electron chi connectivity index (χ4n) is 6.50. The van der Waals surface area contributed by atoms with Gasteiger partial charge in [-0.1, -0.05) is 12.1 Å². The zero-order valence-corrected chi connectivity index (χ0v) is 31.3. The summed E-state index contributed by atoms with van der Waals surface area (Å²) in [5.41, 5.74) is 1.07. The largest absolute Gasteiger partial charge is 0.504 e. The Hall–Kier alpha value is -3.75. The second-order valence-electron chi connectivity index (χ2n) is 13.7. The Morgan fingerprint density at radius 3 is 1.95 bits per heavy atom. The number of aliphatic hydroxyl groups is 9. The van der Waals surface area contributed by atoms with E-state index in [0.29, 0.717) is 11.1 Å². The highest BCUT2D eigenvalue weighted by atomic mass is 16.8. The zero-order chi connectivity index (χ0) is 42.3. The SMILES string of the molecule is COc1ccc(CCO[C@@H]2O[C@H](COC(=O)/C=C/c3ccc(O)c(OC)c3)[C@@H](O)[C@H](O[C@@H]3O[C@H](CO)[C@@H](O)[C@H](O)[C@H]3O[C@@H]3O[C@H](CO)[C@@H](O)[C@H](O)[C@H]3O)[C@H]2O)cc1O. The third-order valence-electron chi connectivity index (χ3n) is 9.82. The average Bonchev–Trinajstić information content (AvgIpc) is 3.21. The number of aliphatic hydroxyl groups excluding tert-OH is 9. The summed E-state index contributed by atoms with van der Waals surface area (Å²) in [7, 11) is 2.74. The summed E-state index contributed by atoms with van der Waals surface area (Å²) in [5.74, 6) is -0.753. The smallest absolute Gasteiger partial charge is 0.330 e. The molecule has 0 saturated carbocycles. The Kier molecular flexibility index (Phi) is 16.0. The second kappa shape index (κ2) is 20.5. The molecule has 3 heterocycles. The summed E-state index contributed by atoms with van der Waals surface area (Å²) in [6.45, 7) is -2.46. The third kappa shape index (κ3) is 10.5. The molecule has 3 aliphatic rings. The summed E-state index contributed by atoms with van der Waals surface area (Å²) >= 11 is 0. The number of aromatic hydroxyl groups is 2. The van der Waals surface area contributed by atoms with Gasteiger partial charge in [0.15, 0.2) is 41.9 Å². The van der Waals surface area contributed by atoms with Gasteiger partial charge in [0.25, 0.3) is 0 Å². The number of methoxy groups -OCH3 is 2. The van der Waals surface area contributed by atoms with Crippen molar-refractivity contribution in [2.45, 2.75) is 98.5 Å². The lowest BCUT2D eigenvalue weighted by atomic mass is 9.96. The molecule has 5 rings (SSSR count). The van der Waals surface area contributed by atoms with Crippen molar-refractivity contribution in [2.75, 3.05) is 40.6 Å². The van der Waals surface area contributed by atoms with Gasteiger partial charge in [-0.15, -0.1) is 0 Å². The molecule has 3 saturated heterocycles. The van der Waals surface area contributed by atoms with Gasteiger partial charge in [-0.25, -0.2) is 4.79 Å². The molecule has 2 aromatic rings. The zero-order valence-electron chi connectivity index (χ0n) is 31.3. The van der Waals surface area contributed by atoms with E-state index in [-0.39, 0.29) is 36.0 Å². The van der Waals surface area contributed by atoms with Crippen LogP contribution in [0.3, 0.4) is 0 Å². The van der Waals surface area contributed by atoms with E-state index in [2.05, 4.69) is 0 Å². The van der Waals surface area contributed by atoms with E-state index in [9.17, 15) is 61.0 Å². The number of hydrogen-bond donors (Lipinski definition) is 11. The second-order valence-corrected chi connectivity index (χ2v) is 13.7. The first-order valence-corrected chi connectivity index (χ1v) is 18.2. The summed E-state index contributed by atoms with van der Waals surface area (Å²) in [4.78, 5) is 12.8. The number of hydrogen-bond acceptors (Lipinski definition) is 21. The summed E-state index contributed by atoms with van der Waals surface area (Å²) in [6.07, 6.45) is -23.9. The molecule has 21 nitrogen and oxygen atoms in total. The first-order chi connectivity index (χ1) is 27.7. The van der Waals surface area contributed by atoms with Crippen LogP contribution in [0, 0.1) is 0 Å². The molecule has 0 aliphatic carbocycles. The molecule has 3 aliphatic heterocycles. The van der Waals surface area contributed by atoms with E-state index in [1.54, 1.807) is 6.07 Å². The summed E-state index contributed by atoms with van der Waals surface area (Å²) in [6, 6.07) is 8.96. The van der Waals surface area contributed by atoms with Crippen LogP contribution in [-0.4, -0.2) is 195 Å². The monoisotopic (exact) mass is 830 g/mol. The molecule has 0 aromatic heterocycles. The molecule has 0 bridgehead atoms. The van der Waals surface area contributed by atoms with Gasteiger partial charge in [0.05, 0.1) is 34.0 Å². The van der Waals surface area contributed by atoms with E-state index in [1.165, 1.54) is 50.6 Å². The Morgan fingerprint density at radius 2 is 1.29 bits per heavy atom. The van der Waals surface area contributed by atoms with E-state index in [1.807, 2.05) is 0 Å². The van der Waals surface area contributed by atoms with Gasteiger partial charge in [0.1, 0.15) is 79.9 Å². The van der Waals surface area contributed by atoms with Crippen LogP contribution in [-0.2, 0) is 44.4 Å². The average molecular weight is 831 g/mol. The highest BCUT2D eigenvalue weighted by Crippen LogP contribution is 2.34. The highest BCUT2D eigenvalue weighted by Gasteiger charge is 2.54. The Balaban J connectivity index is 1.36. The number of phenols is 2. The van der Waals surface area contributed by atoms with Crippen molar-refractivity contribution in [3.8, 4) is 23.0 Å². The van der Waals surface area contributed by atoms with Gasteiger partial charge in [-0.3, -0.25) is 0 Å². The Labute approximate surface area is 331 Å². The fraction of sp³-hybridized carbons (Fsp3) is 0.595. The molecular formula is C37H50O21. The van der Waals surface area contributed by atoms with Gasteiger partial charge >= 0.3 is 5.97 Å². The molecule has 58 heavy (non-hydrogen) atoms. The number of benzene rings is 2. The minimum Gasteiger partial charge on any atom is -0.504 e. The molecule has 15 atom stereocenters. The van der Waals surface area contributed by atoms with Crippen molar-refractivity contribution in [3.05, 3.63) is 53.6 Å². The summed E-state index contributed by atoms with van der Waals surface area (Å²) in [5, 5.41) is 115. The maximum atomic E-state index is 12.8. The van der Waals surface area contributed by atoms with E-state index in [0.717, 1.165) is 6.08 Å². The Morgan fingerprint density at radius 1 is 0.655 bits per heavy atom. The standard InChI is InChI=1S/C37H50O21/c1-50-20-7-4-17(11-19(20)41)9-10-52-35-32(49)33(28(45)24(56-35)15-53-25(42)8-5-16-3-6-18(40)21(12-16)51-2)57-37-34(30(47)27(44)23(14-39)55-37)58-36-31(48)29(46)26(43)22(13-38)54-36/h3-8,11-12,22-24,26-41,43-49H,9-10,13-15H2,1-2H3/b8-5+/t22-,23-,24-,26-,27-,28-,29+,30+,31-,32-,33+,34-,35-,36+,37+/m1/s1. The van der Waals surface area contributed by atoms with Crippen LogP contribution in [0.25, 0.3) is 6.08 Å². The van der Waals surface area contributed by atoms with Crippen LogP contribution in [0.15, 0.2) is 42.5 Å². The van der Waals surface area contributed by atoms with Gasteiger partial charge in [0.2, 0.25) is 0 Å². The topological polar surface area (TPSA) is 323 Å². The van der Waals surface area contributed by atoms with E-state index in [4.69, 9.17) is 42.6 Å². The molecule has 0 amide bonds. The molecule has 0 spiro atoms. The van der Waals surface area contributed by atoms with Gasteiger partial charge in [-0.2, -0.15) is 0 Å². The van der Waals surface area contributed by atoms with Crippen LogP contribution >= 0.6 is 0 Å². The van der Waals surface area contributed by atoms with Crippen molar-refractivity contribution in [2.24, 2.45) is 0 Å². The van der Waals surface area contributed by atoms with Crippen LogP contribution in [0.4, 0.5) is 0 Å². The molecule has 11 N–H and O–H groups in total. The first-order valence-electron chi connectivity index (χ1n) is 18.2. The summed E-state index contributed by atoms with van der Waals surface area (Å²) < 4.78 is 49.9. The quantitative estimate of drug-likeness (QED) is 0.0575. The number of carbonyl (C=O) groups excluding carboxylic acids is 1. The first kappa shape index (κ1) is 45.3. The van der Waals surface area contributed by atoms with Crippen LogP contribution in [0.2, 0.25) is 0 Å². The Bertz CT molecular complexity index is 1660. The van der Waals surface area contributed by atoms with Crippen molar-refractivity contribution >= 4 is 12.0 Å². The normalized spacial score (nSPS) is 35.5. The molecule has 0 unspecified atom stereocenters. The van der Waals surface area contributed by atoms with Gasteiger partial charge < -0.3 is 98.8 Å². The number of carbonyl (C=O) groups is 1. The molecular weight excluding hydrogens is 780 g/mol. The number of rotatable bonds is 16. The lowest BCUT2D eigenvalue weighted by Gasteiger charge is -2.48. The predicted octanol–water partition coefficient (Wildman–Crippen LogP) is -3.61. The van der Waals surface area contributed by atoms with Crippen molar-refractivity contribution in [3.63, 3.8) is 0 Å². The molecule has 3 fully saturated rings. The predicted molar refractivity (Wildman–Crippen MR) is 191 cm³/mol. The number of esters is 1. The van der Waals surface area contributed by atoms with Crippen LogP contribution < -0.4 is 9.47 Å². The number of phenolic OH excluding ortho intramolecular Hbond substituents is 2. The molecule has 21 heteroatoms. The highest BCUT2D eigenvalue weighted by molar-refractivity contribution is 5.87. The van der Waals surface area contributed by atoms with E-state index >= 15 is 0 Å². The minimum atomic E-state index is -1.97. The minimum absolute atomic E-state index is 0.119. The fourth-order valence-corrected chi connectivity index (χ4v) is 6.50. The van der Waals surface area contributed by atoms with Crippen molar-refractivity contribution < 1.29 is 104 Å². The lowest BCUT2D eigenvalue weighted by Crippen LogP contribution is -2.67. The van der Waals surface area contributed by atoms with Crippen molar-refractivity contribution in [1.29, 1.82) is 0 Å². The van der Waals surface area contributed by atoms with Gasteiger partial charge in [-0.05, 0) is 47.9 Å². The maximum absolute atomic E-state index is 12.8. The molecule has 324 valence electrons. The maximum Gasteiger partial charge on any atom is 0.330 e. The van der Waals surface area contributed by atoms with Crippen LogP contribution in [0.1, 0.15) is 11.1 Å². The van der Waals surface area contributed by atoms with Crippen molar-refractivity contribution in [1.82, 2.24) is 0 Å². The van der Waals surface area contributed by atoms with E-state index < -0.39 is 118 Å². The number of ether oxygens (including phenoxy) is 9. The van der Waals surface area contributed by atoms with Gasteiger partial charge in [0, 0.05) is 6.08 Å².